The normalized spacial score (nSPS) is 20.3. The molecule has 0 bridgehead atoms. The Bertz CT molecular complexity index is 848. The SMILES string of the molecule is Cc1n[nH]c(C)c1S(=O)(=O)N1CC(N2CCN(c3ccccn3)CC2)C1. The third-order valence-electron chi connectivity index (χ3n) is 5.29. The van der Waals surface area contributed by atoms with Crippen molar-refractivity contribution in [2.75, 3.05) is 44.2 Å². The van der Waals surface area contributed by atoms with E-state index in [1.807, 2.05) is 24.4 Å². The smallest absolute Gasteiger partial charge is 0.246 e. The number of pyridine rings is 1. The lowest BCUT2D eigenvalue weighted by Gasteiger charge is -2.47. The minimum Gasteiger partial charge on any atom is -0.354 e. The number of H-pyrrole nitrogens is 1. The molecule has 2 saturated heterocycles. The zero-order valence-corrected chi connectivity index (χ0v) is 15.9. The lowest BCUT2D eigenvalue weighted by molar-refractivity contribution is 0.0826. The monoisotopic (exact) mass is 376 g/mol. The van der Waals surface area contributed by atoms with Gasteiger partial charge in [0.15, 0.2) is 0 Å². The van der Waals surface area contributed by atoms with E-state index in [4.69, 9.17) is 0 Å². The molecule has 2 aliphatic heterocycles. The highest BCUT2D eigenvalue weighted by atomic mass is 32.2. The number of nitrogens with zero attached hydrogens (tertiary/aromatic N) is 5. The molecule has 0 aromatic carbocycles. The van der Waals surface area contributed by atoms with Crippen molar-refractivity contribution in [3.05, 3.63) is 35.8 Å². The van der Waals surface area contributed by atoms with Crippen molar-refractivity contribution < 1.29 is 8.42 Å². The number of hydrogen-bond acceptors (Lipinski definition) is 6. The van der Waals surface area contributed by atoms with Crippen LogP contribution in [0.15, 0.2) is 29.3 Å². The van der Waals surface area contributed by atoms with Crippen LogP contribution in [0.25, 0.3) is 0 Å². The third-order valence-corrected chi connectivity index (χ3v) is 7.39. The molecule has 0 amide bonds. The Morgan fingerprint density at radius 1 is 1.12 bits per heavy atom. The van der Waals surface area contributed by atoms with Gasteiger partial charge in [-0.25, -0.2) is 13.4 Å². The number of aromatic amines is 1. The molecular formula is C17H24N6O2S. The lowest BCUT2D eigenvalue weighted by Crippen LogP contribution is -2.64. The number of hydrogen-bond donors (Lipinski definition) is 1. The van der Waals surface area contributed by atoms with Gasteiger partial charge in [0.1, 0.15) is 10.7 Å². The molecule has 2 aromatic rings. The van der Waals surface area contributed by atoms with Gasteiger partial charge >= 0.3 is 0 Å². The summed E-state index contributed by atoms with van der Waals surface area (Å²) in [5.74, 6) is 1.01. The van der Waals surface area contributed by atoms with Crippen LogP contribution in [-0.4, -0.2) is 78.1 Å². The zero-order valence-electron chi connectivity index (χ0n) is 15.1. The molecule has 4 heterocycles. The molecule has 1 N–H and O–H groups in total. The molecule has 0 saturated carbocycles. The molecule has 0 unspecified atom stereocenters. The second-order valence-corrected chi connectivity index (χ2v) is 8.82. The minimum atomic E-state index is -3.45. The summed E-state index contributed by atoms with van der Waals surface area (Å²) in [6.45, 7) is 8.27. The van der Waals surface area contributed by atoms with Gasteiger partial charge in [0.05, 0.1) is 11.4 Å². The van der Waals surface area contributed by atoms with Gasteiger partial charge in [-0.2, -0.15) is 9.40 Å². The first-order valence-electron chi connectivity index (χ1n) is 8.88. The molecule has 0 atom stereocenters. The molecule has 4 rings (SSSR count). The number of aryl methyl sites for hydroxylation is 2. The molecular weight excluding hydrogens is 352 g/mol. The van der Waals surface area contributed by atoms with Crippen molar-refractivity contribution in [3.63, 3.8) is 0 Å². The van der Waals surface area contributed by atoms with Crippen LogP contribution in [0.1, 0.15) is 11.4 Å². The Kier molecular flexibility index (Phi) is 4.45. The van der Waals surface area contributed by atoms with Gasteiger partial charge in [-0.3, -0.25) is 10.00 Å². The van der Waals surface area contributed by atoms with E-state index in [-0.39, 0.29) is 0 Å². The summed E-state index contributed by atoms with van der Waals surface area (Å²) < 4.78 is 27.2. The van der Waals surface area contributed by atoms with Crippen LogP contribution in [0, 0.1) is 13.8 Å². The predicted molar refractivity (Wildman–Crippen MR) is 98.6 cm³/mol. The maximum Gasteiger partial charge on any atom is 0.246 e. The zero-order chi connectivity index (χ0) is 18.3. The van der Waals surface area contributed by atoms with Gasteiger partial charge < -0.3 is 4.90 Å². The predicted octanol–water partition coefficient (Wildman–Crippen LogP) is 0.617. The van der Waals surface area contributed by atoms with Crippen LogP contribution in [0.3, 0.4) is 0 Å². The summed E-state index contributed by atoms with van der Waals surface area (Å²) >= 11 is 0. The molecule has 0 spiro atoms. The molecule has 0 radical (unpaired) electrons. The molecule has 26 heavy (non-hydrogen) atoms. The van der Waals surface area contributed by atoms with E-state index in [9.17, 15) is 8.42 Å². The molecule has 8 nitrogen and oxygen atoms in total. The highest BCUT2D eigenvalue weighted by Crippen LogP contribution is 2.28. The topological polar surface area (TPSA) is 85.4 Å². The van der Waals surface area contributed by atoms with E-state index in [0.717, 1.165) is 32.0 Å². The largest absolute Gasteiger partial charge is 0.354 e. The first kappa shape index (κ1) is 17.4. The fourth-order valence-corrected chi connectivity index (χ4v) is 5.60. The average Bonchev–Trinajstić information content (AvgIpc) is 2.94. The summed E-state index contributed by atoms with van der Waals surface area (Å²) in [4.78, 5) is 9.41. The Morgan fingerprint density at radius 2 is 1.85 bits per heavy atom. The highest BCUT2D eigenvalue weighted by Gasteiger charge is 2.42. The van der Waals surface area contributed by atoms with Crippen LogP contribution in [0.4, 0.5) is 5.82 Å². The Balaban J connectivity index is 1.35. The van der Waals surface area contributed by atoms with Gasteiger partial charge in [0.2, 0.25) is 10.0 Å². The fraction of sp³-hybridized carbons (Fsp3) is 0.529. The van der Waals surface area contributed by atoms with E-state index in [0.29, 0.717) is 35.4 Å². The molecule has 9 heteroatoms. The van der Waals surface area contributed by atoms with Crippen molar-refractivity contribution in [2.45, 2.75) is 24.8 Å². The van der Waals surface area contributed by atoms with Crippen molar-refractivity contribution in [3.8, 4) is 0 Å². The van der Waals surface area contributed by atoms with E-state index in [1.165, 1.54) is 0 Å². The summed E-state index contributed by atoms with van der Waals surface area (Å²) in [6, 6.07) is 6.25. The van der Waals surface area contributed by atoms with Crippen molar-refractivity contribution >= 4 is 15.8 Å². The maximum absolute atomic E-state index is 12.8. The third kappa shape index (κ3) is 3.00. The van der Waals surface area contributed by atoms with E-state index in [1.54, 1.807) is 18.2 Å². The van der Waals surface area contributed by atoms with Gasteiger partial charge in [0.25, 0.3) is 0 Å². The second kappa shape index (κ2) is 6.64. The van der Waals surface area contributed by atoms with E-state index in [2.05, 4.69) is 25.0 Å². The first-order chi connectivity index (χ1) is 12.5. The highest BCUT2D eigenvalue weighted by molar-refractivity contribution is 7.89. The Hall–Kier alpha value is -1.97. The maximum atomic E-state index is 12.8. The van der Waals surface area contributed by atoms with Crippen molar-refractivity contribution in [1.82, 2.24) is 24.4 Å². The van der Waals surface area contributed by atoms with Crippen LogP contribution in [0.2, 0.25) is 0 Å². The van der Waals surface area contributed by atoms with Crippen LogP contribution in [0.5, 0.6) is 0 Å². The molecule has 0 aliphatic carbocycles. The summed E-state index contributed by atoms with van der Waals surface area (Å²) in [7, 11) is -3.45. The number of anilines is 1. The average molecular weight is 376 g/mol. The van der Waals surface area contributed by atoms with Crippen molar-refractivity contribution in [2.24, 2.45) is 0 Å². The number of piperazine rings is 1. The summed E-state index contributed by atoms with van der Waals surface area (Å²) in [5.41, 5.74) is 1.14. The van der Waals surface area contributed by atoms with Gasteiger partial charge in [-0.05, 0) is 26.0 Å². The van der Waals surface area contributed by atoms with Gasteiger partial charge in [-0.1, -0.05) is 6.07 Å². The number of nitrogens with one attached hydrogen (secondary N) is 1. The standard InChI is InChI=1S/C17H24N6O2S/c1-13-17(14(2)20-19-13)26(24,25)23-11-15(12-23)21-7-9-22(10-8-21)16-5-3-4-6-18-16/h3-6,15H,7-12H2,1-2H3,(H,19,20). The Morgan fingerprint density at radius 3 is 2.42 bits per heavy atom. The van der Waals surface area contributed by atoms with Crippen LogP contribution < -0.4 is 4.90 Å². The van der Waals surface area contributed by atoms with Crippen molar-refractivity contribution in [1.29, 1.82) is 0 Å². The minimum absolute atomic E-state index is 0.295. The summed E-state index contributed by atoms with van der Waals surface area (Å²) in [5, 5.41) is 6.78. The molecule has 2 aromatic heterocycles. The quantitative estimate of drug-likeness (QED) is 0.842. The lowest BCUT2D eigenvalue weighted by atomic mass is 10.1. The second-order valence-electron chi connectivity index (χ2n) is 6.95. The van der Waals surface area contributed by atoms with Crippen LogP contribution >= 0.6 is 0 Å². The number of rotatable bonds is 4. The molecule has 2 fully saturated rings. The van der Waals surface area contributed by atoms with Gasteiger partial charge in [0, 0.05) is 51.5 Å². The van der Waals surface area contributed by atoms with Crippen LogP contribution in [-0.2, 0) is 10.0 Å². The summed E-state index contributed by atoms with van der Waals surface area (Å²) in [6.07, 6.45) is 1.82. The molecule has 140 valence electrons. The van der Waals surface area contributed by atoms with E-state index >= 15 is 0 Å². The number of aromatic nitrogens is 3. The Labute approximate surface area is 153 Å². The van der Waals surface area contributed by atoms with Gasteiger partial charge in [-0.15, -0.1) is 0 Å². The first-order valence-corrected chi connectivity index (χ1v) is 10.3. The molecule has 2 aliphatic rings. The number of sulfonamides is 1. The fourth-order valence-electron chi connectivity index (χ4n) is 3.75. The van der Waals surface area contributed by atoms with E-state index < -0.39 is 10.0 Å².